The molecular weight excluding hydrogens is 272 g/mol. The van der Waals surface area contributed by atoms with Crippen molar-refractivity contribution < 1.29 is 14.7 Å². The second-order valence-electron chi connectivity index (χ2n) is 3.17. The van der Waals surface area contributed by atoms with E-state index in [1.54, 1.807) is 17.5 Å². The van der Waals surface area contributed by atoms with E-state index in [-0.39, 0.29) is 0 Å². The first-order valence-corrected chi connectivity index (χ1v) is 6.56. The fourth-order valence-electron chi connectivity index (χ4n) is 1.16. The van der Waals surface area contributed by atoms with Crippen LogP contribution in [0.5, 0.6) is 0 Å². The lowest BCUT2D eigenvalue weighted by Crippen LogP contribution is -2.08. The number of carboxylic acid groups (broad SMARTS) is 1. The number of thiazole rings is 1. The topological polar surface area (TPSA) is 79.3 Å². The Labute approximate surface area is 110 Å². The molecule has 2 aromatic heterocycles. The van der Waals surface area contributed by atoms with Crippen molar-refractivity contribution in [2.75, 3.05) is 5.32 Å². The lowest BCUT2D eigenvalue weighted by Gasteiger charge is -1.94. The van der Waals surface area contributed by atoms with Gasteiger partial charge in [0.25, 0.3) is 0 Å². The van der Waals surface area contributed by atoms with Crippen molar-refractivity contribution >= 4 is 39.7 Å². The monoisotopic (exact) mass is 280 g/mol. The minimum Gasteiger partial charge on any atom is -0.478 e. The highest BCUT2D eigenvalue weighted by Crippen LogP contribution is 2.31. The molecule has 0 aliphatic heterocycles. The number of carbonyl (C=O) groups is 2. The molecule has 2 heterocycles. The second kappa shape index (κ2) is 5.56. The highest BCUT2D eigenvalue weighted by Gasteiger charge is 2.07. The van der Waals surface area contributed by atoms with Crippen LogP contribution in [0.15, 0.2) is 35.9 Å². The van der Waals surface area contributed by atoms with E-state index in [0.717, 1.165) is 21.9 Å². The standard InChI is InChI=1S/C11H8N2O3S2/c14-9(3-4-10(15)16)13-11-12-6-8(18-11)7-2-1-5-17-7/h1-6H,(H,15,16)(H,12,13,14). The molecule has 0 fully saturated rings. The molecule has 0 saturated heterocycles. The molecule has 2 rings (SSSR count). The molecule has 5 nitrogen and oxygen atoms in total. The summed E-state index contributed by atoms with van der Waals surface area (Å²) >= 11 is 2.93. The molecule has 0 unspecified atom stereocenters. The van der Waals surface area contributed by atoms with Gasteiger partial charge in [-0.25, -0.2) is 9.78 Å². The molecule has 1 amide bonds. The normalized spacial score (nSPS) is 10.7. The quantitative estimate of drug-likeness (QED) is 0.843. The molecule has 0 radical (unpaired) electrons. The van der Waals surface area contributed by atoms with Gasteiger partial charge in [-0.2, -0.15) is 0 Å². The highest BCUT2D eigenvalue weighted by atomic mass is 32.1. The van der Waals surface area contributed by atoms with Crippen molar-refractivity contribution in [2.45, 2.75) is 0 Å². The van der Waals surface area contributed by atoms with Gasteiger partial charge in [0, 0.05) is 23.2 Å². The lowest BCUT2D eigenvalue weighted by molar-refractivity contribution is -0.131. The number of rotatable bonds is 4. The predicted octanol–water partition coefficient (Wildman–Crippen LogP) is 2.45. The van der Waals surface area contributed by atoms with E-state index in [9.17, 15) is 9.59 Å². The zero-order valence-electron chi connectivity index (χ0n) is 8.99. The van der Waals surface area contributed by atoms with E-state index in [4.69, 9.17) is 5.11 Å². The van der Waals surface area contributed by atoms with Crippen LogP contribution in [0.2, 0.25) is 0 Å². The number of nitrogens with one attached hydrogen (secondary N) is 1. The maximum absolute atomic E-state index is 11.3. The van der Waals surface area contributed by atoms with E-state index >= 15 is 0 Å². The molecule has 2 N–H and O–H groups in total. The molecule has 7 heteroatoms. The average Bonchev–Trinajstić information content (AvgIpc) is 2.95. The molecule has 0 aliphatic carbocycles. The van der Waals surface area contributed by atoms with E-state index in [1.807, 2.05) is 17.5 Å². The van der Waals surface area contributed by atoms with Crippen molar-refractivity contribution in [1.82, 2.24) is 4.98 Å². The third-order valence-corrected chi connectivity index (χ3v) is 3.86. The Hall–Kier alpha value is -1.99. The van der Waals surface area contributed by atoms with Gasteiger partial charge in [-0.3, -0.25) is 10.1 Å². The Morgan fingerprint density at radius 3 is 2.83 bits per heavy atom. The summed E-state index contributed by atoms with van der Waals surface area (Å²) in [6.45, 7) is 0. The van der Waals surface area contributed by atoms with Gasteiger partial charge < -0.3 is 5.11 Å². The van der Waals surface area contributed by atoms with Gasteiger partial charge >= 0.3 is 5.97 Å². The van der Waals surface area contributed by atoms with E-state index in [0.29, 0.717) is 5.13 Å². The summed E-state index contributed by atoms with van der Waals surface area (Å²) < 4.78 is 0. The first-order chi connectivity index (χ1) is 8.65. The fourth-order valence-corrected chi connectivity index (χ4v) is 2.80. The van der Waals surface area contributed by atoms with Crippen molar-refractivity contribution in [3.8, 4) is 9.75 Å². The molecule has 0 saturated carbocycles. The summed E-state index contributed by atoms with van der Waals surface area (Å²) in [6, 6.07) is 3.90. The van der Waals surface area contributed by atoms with Crippen LogP contribution in [-0.2, 0) is 9.59 Å². The number of hydrogen-bond acceptors (Lipinski definition) is 5. The van der Waals surface area contributed by atoms with Crippen LogP contribution in [0.1, 0.15) is 0 Å². The van der Waals surface area contributed by atoms with Gasteiger partial charge in [0.05, 0.1) is 4.88 Å². The molecular formula is C11H8N2O3S2. The van der Waals surface area contributed by atoms with Gasteiger partial charge in [0.15, 0.2) is 5.13 Å². The summed E-state index contributed by atoms with van der Waals surface area (Å²) in [5.74, 6) is -1.67. The number of amides is 1. The average molecular weight is 280 g/mol. The van der Waals surface area contributed by atoms with Crippen LogP contribution in [-0.4, -0.2) is 22.0 Å². The van der Waals surface area contributed by atoms with Crippen molar-refractivity contribution in [2.24, 2.45) is 0 Å². The van der Waals surface area contributed by atoms with Crippen LogP contribution in [0.3, 0.4) is 0 Å². The predicted molar refractivity (Wildman–Crippen MR) is 70.8 cm³/mol. The van der Waals surface area contributed by atoms with E-state index in [2.05, 4.69) is 10.3 Å². The number of aliphatic carboxylic acids is 1. The molecule has 0 spiro atoms. The molecule has 0 aromatic carbocycles. The van der Waals surface area contributed by atoms with Gasteiger partial charge in [0.2, 0.25) is 5.91 Å². The van der Waals surface area contributed by atoms with E-state index < -0.39 is 11.9 Å². The maximum Gasteiger partial charge on any atom is 0.328 e. The van der Waals surface area contributed by atoms with Crippen LogP contribution < -0.4 is 5.32 Å². The first-order valence-electron chi connectivity index (χ1n) is 4.87. The Morgan fingerprint density at radius 2 is 2.17 bits per heavy atom. The Bertz CT molecular complexity index is 587. The zero-order valence-corrected chi connectivity index (χ0v) is 10.6. The van der Waals surface area contributed by atoms with Crippen molar-refractivity contribution in [3.05, 3.63) is 35.9 Å². The minimum atomic E-state index is -1.16. The summed E-state index contributed by atoms with van der Waals surface area (Å²) in [4.78, 5) is 27.6. The summed E-state index contributed by atoms with van der Waals surface area (Å²) in [5, 5.41) is 13.3. The number of carboxylic acids is 1. The number of nitrogens with zero attached hydrogens (tertiary/aromatic N) is 1. The number of anilines is 1. The van der Waals surface area contributed by atoms with Crippen LogP contribution in [0, 0.1) is 0 Å². The molecule has 2 aromatic rings. The van der Waals surface area contributed by atoms with Crippen molar-refractivity contribution in [1.29, 1.82) is 0 Å². The Morgan fingerprint density at radius 1 is 1.33 bits per heavy atom. The first kappa shape index (κ1) is 12.5. The van der Waals surface area contributed by atoms with Gasteiger partial charge in [-0.15, -0.1) is 11.3 Å². The van der Waals surface area contributed by atoms with E-state index in [1.165, 1.54) is 11.3 Å². The maximum atomic E-state index is 11.3. The Kier molecular flexibility index (Phi) is 3.85. The smallest absolute Gasteiger partial charge is 0.328 e. The Balaban J connectivity index is 2.03. The van der Waals surface area contributed by atoms with Crippen LogP contribution >= 0.6 is 22.7 Å². The number of carbonyl (C=O) groups excluding carboxylic acids is 1. The summed E-state index contributed by atoms with van der Waals surface area (Å²) in [6.07, 6.45) is 3.41. The third kappa shape index (κ3) is 3.25. The highest BCUT2D eigenvalue weighted by molar-refractivity contribution is 7.23. The third-order valence-electron chi connectivity index (χ3n) is 1.88. The molecule has 0 bridgehead atoms. The molecule has 18 heavy (non-hydrogen) atoms. The van der Waals surface area contributed by atoms with Crippen molar-refractivity contribution in [3.63, 3.8) is 0 Å². The molecule has 0 atom stereocenters. The molecule has 0 aliphatic rings. The zero-order chi connectivity index (χ0) is 13.0. The van der Waals surface area contributed by atoms with Gasteiger partial charge in [-0.1, -0.05) is 17.4 Å². The number of hydrogen-bond donors (Lipinski definition) is 2. The summed E-state index contributed by atoms with van der Waals surface area (Å²) in [7, 11) is 0. The largest absolute Gasteiger partial charge is 0.478 e. The lowest BCUT2D eigenvalue weighted by atomic mass is 10.4. The van der Waals surface area contributed by atoms with Gasteiger partial charge in [0.1, 0.15) is 0 Å². The van der Waals surface area contributed by atoms with Crippen LogP contribution in [0.4, 0.5) is 5.13 Å². The summed E-state index contributed by atoms with van der Waals surface area (Å²) in [5.41, 5.74) is 0. The number of aromatic nitrogens is 1. The second-order valence-corrected chi connectivity index (χ2v) is 5.15. The van der Waals surface area contributed by atoms with Crippen LogP contribution in [0.25, 0.3) is 9.75 Å². The fraction of sp³-hybridized carbons (Fsp3) is 0. The van der Waals surface area contributed by atoms with Gasteiger partial charge in [-0.05, 0) is 11.4 Å². The molecule has 92 valence electrons. The SMILES string of the molecule is O=C(O)C=CC(=O)Nc1ncc(-c2cccs2)s1. The minimum absolute atomic E-state index is 0.443. The number of thiophene rings is 1.